The number of benzene rings is 2. The molecular weight excluding hydrogens is 576 g/mol. The van der Waals surface area contributed by atoms with Crippen molar-refractivity contribution in [3.8, 4) is 17.0 Å². The molecular formula is C30H29F6N5O2. The largest absolute Gasteiger partial charge is 0.497 e. The van der Waals surface area contributed by atoms with Crippen LogP contribution >= 0.6 is 0 Å². The SMILES string of the molecule is COc1ccc(-c2nc3c(C(=O)N4CCN(C(C)(c5ccccc5)C(F)(F)F)C[C@H]4C)cnn3c(C(F)(F)F)c2C)cc1. The van der Waals surface area contributed by atoms with Crippen LogP contribution in [-0.4, -0.2) is 69.3 Å². The van der Waals surface area contributed by atoms with Crippen molar-refractivity contribution < 1.29 is 35.9 Å². The molecule has 2 aromatic heterocycles. The summed E-state index contributed by atoms with van der Waals surface area (Å²) in [5, 5.41) is 3.88. The van der Waals surface area contributed by atoms with Gasteiger partial charge in [0.2, 0.25) is 0 Å². The molecule has 3 heterocycles. The maximum absolute atomic E-state index is 14.5. The first-order valence-electron chi connectivity index (χ1n) is 13.5. The number of amides is 1. The zero-order chi connectivity index (χ0) is 31.3. The lowest BCUT2D eigenvalue weighted by Gasteiger charge is -2.49. The van der Waals surface area contributed by atoms with Gasteiger partial charge in [-0.3, -0.25) is 9.69 Å². The number of alkyl halides is 6. The normalized spacial score (nSPS) is 18.1. The van der Waals surface area contributed by atoms with Crippen LogP contribution in [0.15, 0.2) is 60.8 Å². The number of hydrogen-bond donors (Lipinski definition) is 0. The first-order valence-corrected chi connectivity index (χ1v) is 13.5. The predicted octanol–water partition coefficient (Wildman–Crippen LogP) is 6.36. The minimum absolute atomic E-state index is 0.0127. The summed E-state index contributed by atoms with van der Waals surface area (Å²) in [6, 6.07) is 13.1. The summed E-state index contributed by atoms with van der Waals surface area (Å²) in [7, 11) is 1.46. The fraction of sp³-hybridized carbons (Fsp3) is 0.367. The molecule has 1 saturated heterocycles. The second kappa shape index (κ2) is 10.9. The Morgan fingerprint density at radius 2 is 1.63 bits per heavy atom. The highest BCUT2D eigenvalue weighted by molar-refractivity contribution is 6.00. The first kappa shape index (κ1) is 30.3. The third-order valence-electron chi connectivity index (χ3n) is 8.15. The third kappa shape index (κ3) is 5.19. The molecule has 2 atom stereocenters. The second-order valence-corrected chi connectivity index (χ2v) is 10.7. The van der Waals surface area contributed by atoms with Gasteiger partial charge in [-0.2, -0.15) is 31.4 Å². The summed E-state index contributed by atoms with van der Waals surface area (Å²) >= 11 is 0. The molecule has 1 unspecified atom stereocenters. The van der Waals surface area contributed by atoms with Crippen molar-refractivity contribution in [2.75, 3.05) is 26.7 Å². The van der Waals surface area contributed by atoms with Crippen LogP contribution in [0.3, 0.4) is 0 Å². The van der Waals surface area contributed by atoms with Crippen molar-refractivity contribution in [3.63, 3.8) is 0 Å². The summed E-state index contributed by atoms with van der Waals surface area (Å²) in [4.78, 5) is 20.9. The summed E-state index contributed by atoms with van der Waals surface area (Å²) in [6.07, 6.45) is -8.41. The number of halogens is 6. The standard InChI is InChI=1S/C30H29F6N5O2/c1-18-17-39(28(3,30(34,35)36)21-8-6-5-7-9-21)14-15-40(18)27(42)23-16-37-41-25(29(31,32)33)19(2)24(38-26(23)41)20-10-12-22(43-4)13-11-20/h5-13,16,18H,14-15,17H2,1-4H3/t18-,28?/m1/s1. The quantitative estimate of drug-likeness (QED) is 0.248. The van der Waals surface area contributed by atoms with Gasteiger partial charge in [-0.15, -0.1) is 0 Å². The average molecular weight is 606 g/mol. The van der Waals surface area contributed by atoms with Crippen LogP contribution in [0.1, 0.15) is 41.0 Å². The number of hydrogen-bond acceptors (Lipinski definition) is 5. The van der Waals surface area contributed by atoms with Crippen LogP contribution in [0.25, 0.3) is 16.9 Å². The van der Waals surface area contributed by atoms with E-state index < -0.39 is 35.5 Å². The van der Waals surface area contributed by atoms with Gasteiger partial charge in [0, 0.05) is 36.8 Å². The summed E-state index contributed by atoms with van der Waals surface area (Å²) in [5.74, 6) is -0.165. The van der Waals surface area contributed by atoms with Gasteiger partial charge in [-0.05, 0) is 50.6 Å². The molecule has 228 valence electrons. The lowest BCUT2D eigenvalue weighted by Crippen LogP contribution is -2.63. The molecule has 43 heavy (non-hydrogen) atoms. The van der Waals surface area contributed by atoms with E-state index in [0.717, 1.165) is 13.1 Å². The number of aromatic nitrogens is 3. The Balaban J connectivity index is 1.52. The Kier molecular flexibility index (Phi) is 7.66. The van der Waals surface area contributed by atoms with Crippen LogP contribution in [-0.2, 0) is 11.7 Å². The van der Waals surface area contributed by atoms with E-state index in [4.69, 9.17) is 4.74 Å². The monoisotopic (exact) mass is 605 g/mol. The van der Waals surface area contributed by atoms with E-state index in [9.17, 15) is 31.1 Å². The van der Waals surface area contributed by atoms with Gasteiger partial charge in [0.25, 0.3) is 5.91 Å². The maximum Gasteiger partial charge on any atom is 0.433 e. The van der Waals surface area contributed by atoms with Crippen LogP contribution < -0.4 is 4.74 Å². The van der Waals surface area contributed by atoms with Crippen molar-refractivity contribution >= 4 is 11.6 Å². The van der Waals surface area contributed by atoms with E-state index in [-0.39, 0.29) is 47.7 Å². The molecule has 0 N–H and O–H groups in total. The molecule has 0 saturated carbocycles. The molecule has 0 spiro atoms. The minimum atomic E-state index is -4.82. The molecule has 1 fully saturated rings. The number of carbonyl (C=O) groups is 1. The lowest BCUT2D eigenvalue weighted by atomic mass is 9.88. The van der Waals surface area contributed by atoms with Gasteiger partial charge in [0.1, 0.15) is 16.9 Å². The molecule has 1 aliphatic heterocycles. The van der Waals surface area contributed by atoms with E-state index in [0.29, 0.717) is 15.8 Å². The molecule has 5 rings (SSSR count). The highest BCUT2D eigenvalue weighted by Gasteiger charge is 2.57. The second-order valence-electron chi connectivity index (χ2n) is 10.7. The average Bonchev–Trinajstić information content (AvgIpc) is 3.38. The van der Waals surface area contributed by atoms with Gasteiger partial charge in [0.05, 0.1) is 19.0 Å². The van der Waals surface area contributed by atoms with E-state index in [1.54, 1.807) is 37.3 Å². The van der Waals surface area contributed by atoms with Gasteiger partial charge in [-0.1, -0.05) is 30.3 Å². The molecule has 0 bridgehead atoms. The molecule has 2 aromatic carbocycles. The Hall–Kier alpha value is -4.13. The van der Waals surface area contributed by atoms with Crippen LogP contribution in [0.2, 0.25) is 0 Å². The smallest absolute Gasteiger partial charge is 0.433 e. The maximum atomic E-state index is 14.5. The molecule has 0 radical (unpaired) electrons. The van der Waals surface area contributed by atoms with E-state index >= 15 is 0 Å². The molecule has 7 nitrogen and oxygen atoms in total. The van der Waals surface area contributed by atoms with Crippen LogP contribution in [0.4, 0.5) is 26.3 Å². The van der Waals surface area contributed by atoms with Crippen LogP contribution in [0.5, 0.6) is 5.75 Å². The van der Waals surface area contributed by atoms with Crippen LogP contribution in [0, 0.1) is 6.92 Å². The van der Waals surface area contributed by atoms with Crippen molar-refractivity contribution in [2.45, 2.75) is 44.7 Å². The van der Waals surface area contributed by atoms with Crippen molar-refractivity contribution in [1.82, 2.24) is 24.4 Å². The summed E-state index contributed by atoms with van der Waals surface area (Å²) < 4.78 is 92.2. The number of nitrogens with zero attached hydrogens (tertiary/aromatic N) is 5. The highest BCUT2D eigenvalue weighted by atomic mass is 19.4. The molecule has 1 amide bonds. The summed E-state index contributed by atoms with van der Waals surface area (Å²) in [6.45, 7) is 3.69. The fourth-order valence-electron chi connectivity index (χ4n) is 5.70. The van der Waals surface area contributed by atoms with Gasteiger partial charge >= 0.3 is 12.4 Å². The Morgan fingerprint density at radius 1 is 0.977 bits per heavy atom. The number of methoxy groups -OCH3 is 1. The Labute approximate surface area is 243 Å². The molecule has 0 aliphatic carbocycles. The van der Waals surface area contributed by atoms with Crippen molar-refractivity contribution in [1.29, 1.82) is 0 Å². The Morgan fingerprint density at radius 3 is 2.19 bits per heavy atom. The van der Waals surface area contributed by atoms with E-state index in [1.807, 2.05) is 0 Å². The van der Waals surface area contributed by atoms with Crippen molar-refractivity contribution in [3.05, 3.63) is 83.2 Å². The zero-order valence-electron chi connectivity index (χ0n) is 23.8. The predicted molar refractivity (Wildman–Crippen MR) is 147 cm³/mol. The number of carbonyl (C=O) groups excluding carboxylic acids is 1. The Bertz CT molecular complexity index is 1640. The molecule has 1 aliphatic rings. The number of ether oxygens (including phenoxy) is 1. The summed E-state index contributed by atoms with van der Waals surface area (Å²) in [5.41, 5.74) is -3.59. The third-order valence-corrected chi connectivity index (χ3v) is 8.15. The molecule has 13 heteroatoms. The van der Waals surface area contributed by atoms with Gasteiger partial charge in [-0.25, -0.2) is 9.50 Å². The zero-order valence-corrected chi connectivity index (χ0v) is 23.8. The molecule has 4 aromatic rings. The van der Waals surface area contributed by atoms with Crippen molar-refractivity contribution in [2.24, 2.45) is 0 Å². The highest BCUT2D eigenvalue weighted by Crippen LogP contribution is 2.44. The number of fused-ring (bicyclic) bond motifs is 1. The van der Waals surface area contributed by atoms with Gasteiger partial charge in [0.15, 0.2) is 11.3 Å². The lowest BCUT2D eigenvalue weighted by molar-refractivity contribution is -0.237. The van der Waals surface area contributed by atoms with E-state index in [1.165, 1.54) is 48.1 Å². The number of rotatable bonds is 5. The number of piperazine rings is 1. The topological polar surface area (TPSA) is 63.0 Å². The minimum Gasteiger partial charge on any atom is -0.497 e. The van der Waals surface area contributed by atoms with E-state index in [2.05, 4.69) is 10.1 Å². The fourth-order valence-corrected chi connectivity index (χ4v) is 5.70. The van der Waals surface area contributed by atoms with Gasteiger partial charge < -0.3 is 9.64 Å². The first-order chi connectivity index (χ1) is 20.2.